The van der Waals surface area contributed by atoms with E-state index in [4.69, 9.17) is 10.5 Å². The van der Waals surface area contributed by atoms with Crippen LogP contribution >= 0.6 is 0 Å². The lowest BCUT2D eigenvalue weighted by Crippen LogP contribution is -2.45. The number of rotatable bonds is 7. The van der Waals surface area contributed by atoms with E-state index in [9.17, 15) is 9.59 Å². The molecule has 0 atom stereocenters. The number of amides is 2. The smallest absolute Gasteiger partial charge is 0.244 e. The number of nitrogens with one attached hydrogen (secondary N) is 2. The van der Waals surface area contributed by atoms with Crippen LogP contribution in [-0.2, 0) is 9.59 Å². The molecule has 1 aliphatic heterocycles. The Labute approximate surface area is 191 Å². The van der Waals surface area contributed by atoms with Gasteiger partial charge in [0.1, 0.15) is 11.6 Å². The van der Waals surface area contributed by atoms with Gasteiger partial charge in [-0.2, -0.15) is 0 Å². The van der Waals surface area contributed by atoms with Crippen LogP contribution in [-0.4, -0.2) is 56.3 Å². The molecule has 1 aliphatic carbocycles. The number of benzene rings is 1. The molecule has 0 radical (unpaired) electrons. The number of carbonyl (C=O) groups is 2. The highest BCUT2D eigenvalue weighted by Gasteiger charge is 2.32. The van der Waals surface area contributed by atoms with Crippen LogP contribution in [0.15, 0.2) is 23.2 Å². The minimum Gasteiger partial charge on any atom is -0.497 e. The number of likely N-dealkylation sites (tertiary alicyclic amines) is 1. The summed E-state index contributed by atoms with van der Waals surface area (Å²) in [6.45, 7) is 3.69. The van der Waals surface area contributed by atoms with Gasteiger partial charge in [0.05, 0.1) is 18.5 Å². The zero-order chi connectivity index (χ0) is 23.1. The van der Waals surface area contributed by atoms with E-state index in [1.54, 1.807) is 7.11 Å². The first-order valence-electron chi connectivity index (χ1n) is 11.6. The molecule has 8 nitrogen and oxygen atoms in total. The molecule has 0 aromatic heterocycles. The predicted octanol–water partition coefficient (Wildman–Crippen LogP) is 3.10. The Kier molecular flexibility index (Phi) is 8.36. The highest BCUT2D eigenvalue weighted by Crippen LogP contribution is 2.33. The van der Waals surface area contributed by atoms with Crippen LogP contribution in [0.25, 0.3) is 0 Å². The summed E-state index contributed by atoms with van der Waals surface area (Å²) in [4.78, 5) is 30.0. The Morgan fingerprint density at radius 2 is 1.78 bits per heavy atom. The zero-order valence-corrected chi connectivity index (χ0v) is 19.5. The van der Waals surface area contributed by atoms with Gasteiger partial charge in [0.25, 0.3) is 0 Å². The fourth-order valence-corrected chi connectivity index (χ4v) is 4.81. The van der Waals surface area contributed by atoms with Crippen molar-refractivity contribution in [2.24, 2.45) is 28.5 Å². The van der Waals surface area contributed by atoms with E-state index in [-0.39, 0.29) is 23.7 Å². The fourth-order valence-electron chi connectivity index (χ4n) is 4.81. The second-order valence-corrected chi connectivity index (χ2v) is 8.92. The standard InChI is InChI=1S/C24H37N5O3/c1-16(30)28-23(25)18-10-12-29(13-11-18)24(31)19-6-4-17(5-7-19)15-27-22-14-20(32-3)8-9-21(22)26-2/h8-9,14,17-19,26-27H,4-7,10-13,15H2,1-3H3,(H2,25,28,30). The van der Waals surface area contributed by atoms with E-state index in [2.05, 4.69) is 15.6 Å². The van der Waals surface area contributed by atoms with Gasteiger partial charge in [-0.05, 0) is 56.6 Å². The van der Waals surface area contributed by atoms with Crippen LogP contribution in [0.5, 0.6) is 5.75 Å². The van der Waals surface area contributed by atoms with Gasteiger partial charge in [0.15, 0.2) is 0 Å². The first-order chi connectivity index (χ1) is 15.4. The van der Waals surface area contributed by atoms with Crippen molar-refractivity contribution in [3.05, 3.63) is 18.2 Å². The Hall–Kier alpha value is -2.77. The average molecular weight is 444 g/mol. The molecule has 8 heteroatoms. The van der Waals surface area contributed by atoms with Crippen molar-refractivity contribution in [3.8, 4) is 5.75 Å². The summed E-state index contributed by atoms with van der Waals surface area (Å²) in [5.41, 5.74) is 8.03. The quantitative estimate of drug-likeness (QED) is 0.441. The summed E-state index contributed by atoms with van der Waals surface area (Å²) in [6, 6.07) is 5.97. The van der Waals surface area contributed by atoms with Crippen molar-refractivity contribution in [2.75, 3.05) is 44.4 Å². The van der Waals surface area contributed by atoms with Gasteiger partial charge in [-0.15, -0.1) is 0 Å². The summed E-state index contributed by atoms with van der Waals surface area (Å²) in [7, 11) is 3.59. The third kappa shape index (κ3) is 6.14. The van der Waals surface area contributed by atoms with Crippen molar-refractivity contribution >= 4 is 29.0 Å². The Morgan fingerprint density at radius 1 is 1.09 bits per heavy atom. The number of aliphatic imine (C=N–C) groups is 1. The minimum absolute atomic E-state index is 0.101. The second kappa shape index (κ2) is 11.2. The molecule has 1 aromatic carbocycles. The van der Waals surface area contributed by atoms with Gasteiger partial charge in [0, 0.05) is 51.5 Å². The highest BCUT2D eigenvalue weighted by molar-refractivity contribution is 5.94. The normalized spacial score (nSPS) is 22.3. The molecule has 0 spiro atoms. The number of amidine groups is 1. The predicted molar refractivity (Wildman–Crippen MR) is 128 cm³/mol. The highest BCUT2D eigenvalue weighted by atomic mass is 16.5. The van der Waals surface area contributed by atoms with Gasteiger partial charge < -0.3 is 26.0 Å². The number of hydrogen-bond donors (Lipinski definition) is 3. The number of piperidine rings is 1. The minimum atomic E-state index is -0.263. The molecule has 2 amide bonds. The van der Waals surface area contributed by atoms with Crippen LogP contribution in [0.1, 0.15) is 45.4 Å². The maximum atomic E-state index is 13.0. The molecule has 2 fully saturated rings. The van der Waals surface area contributed by atoms with E-state index < -0.39 is 0 Å². The monoisotopic (exact) mass is 443 g/mol. The second-order valence-electron chi connectivity index (χ2n) is 8.92. The number of nitrogens with two attached hydrogens (primary N) is 1. The number of carbonyl (C=O) groups excluding carboxylic acids is 2. The summed E-state index contributed by atoms with van der Waals surface area (Å²) < 4.78 is 5.34. The largest absolute Gasteiger partial charge is 0.497 e. The topological polar surface area (TPSA) is 109 Å². The lowest BCUT2D eigenvalue weighted by Gasteiger charge is -2.36. The molecule has 1 saturated carbocycles. The third-order valence-corrected chi connectivity index (χ3v) is 6.78. The van der Waals surface area contributed by atoms with E-state index in [0.29, 0.717) is 24.8 Å². The molecular weight excluding hydrogens is 406 g/mol. The maximum absolute atomic E-state index is 13.0. The number of hydrogen-bond acceptors (Lipinski definition) is 5. The Morgan fingerprint density at radius 3 is 2.38 bits per heavy atom. The Balaban J connectivity index is 1.44. The lowest BCUT2D eigenvalue weighted by atomic mass is 9.81. The van der Waals surface area contributed by atoms with Crippen molar-refractivity contribution in [2.45, 2.75) is 45.4 Å². The molecule has 0 unspecified atom stereocenters. The van der Waals surface area contributed by atoms with E-state index in [1.807, 2.05) is 30.1 Å². The molecule has 1 aromatic rings. The molecule has 32 heavy (non-hydrogen) atoms. The molecule has 4 N–H and O–H groups in total. The number of anilines is 2. The van der Waals surface area contributed by atoms with Crippen molar-refractivity contribution < 1.29 is 14.3 Å². The molecule has 1 heterocycles. The number of ether oxygens (including phenoxy) is 1. The first-order valence-corrected chi connectivity index (χ1v) is 11.6. The van der Waals surface area contributed by atoms with E-state index >= 15 is 0 Å². The Bertz CT molecular complexity index is 825. The van der Waals surface area contributed by atoms with E-state index in [0.717, 1.165) is 62.2 Å². The van der Waals surface area contributed by atoms with Crippen LogP contribution in [0.3, 0.4) is 0 Å². The van der Waals surface area contributed by atoms with Crippen LogP contribution < -0.4 is 21.1 Å². The van der Waals surface area contributed by atoms with Gasteiger partial charge in [-0.3, -0.25) is 9.59 Å². The fraction of sp³-hybridized carbons (Fsp3) is 0.625. The van der Waals surface area contributed by atoms with Gasteiger partial charge >= 0.3 is 0 Å². The molecule has 2 aliphatic rings. The van der Waals surface area contributed by atoms with Gasteiger partial charge in [0.2, 0.25) is 11.8 Å². The molecular formula is C24H37N5O3. The molecule has 0 bridgehead atoms. The number of methoxy groups -OCH3 is 1. The average Bonchev–Trinajstić information content (AvgIpc) is 2.82. The lowest BCUT2D eigenvalue weighted by molar-refractivity contribution is -0.138. The van der Waals surface area contributed by atoms with Gasteiger partial charge in [-0.25, -0.2) is 4.99 Å². The van der Waals surface area contributed by atoms with Crippen molar-refractivity contribution in [1.29, 1.82) is 0 Å². The van der Waals surface area contributed by atoms with Crippen molar-refractivity contribution in [1.82, 2.24) is 4.90 Å². The van der Waals surface area contributed by atoms with Crippen LogP contribution in [0, 0.1) is 17.8 Å². The van der Waals surface area contributed by atoms with Crippen LogP contribution in [0.2, 0.25) is 0 Å². The molecule has 176 valence electrons. The first kappa shape index (κ1) is 23.9. The molecule has 3 rings (SSSR count). The van der Waals surface area contributed by atoms with Crippen LogP contribution in [0.4, 0.5) is 11.4 Å². The third-order valence-electron chi connectivity index (χ3n) is 6.78. The number of nitrogens with zero attached hydrogens (tertiary/aromatic N) is 2. The summed E-state index contributed by atoms with van der Waals surface area (Å²) in [5, 5.41) is 6.77. The zero-order valence-electron chi connectivity index (χ0n) is 19.5. The molecule has 1 saturated heterocycles. The van der Waals surface area contributed by atoms with Crippen molar-refractivity contribution in [3.63, 3.8) is 0 Å². The van der Waals surface area contributed by atoms with Gasteiger partial charge in [-0.1, -0.05) is 0 Å². The summed E-state index contributed by atoms with van der Waals surface area (Å²) >= 11 is 0. The summed E-state index contributed by atoms with van der Waals surface area (Å²) in [5.74, 6) is 2.04. The summed E-state index contributed by atoms with van der Waals surface area (Å²) in [6.07, 6.45) is 5.55. The van der Waals surface area contributed by atoms with E-state index in [1.165, 1.54) is 6.92 Å². The maximum Gasteiger partial charge on any atom is 0.244 e. The SMILES string of the molecule is CNc1ccc(OC)cc1NCC1CCC(C(=O)N2CCC(C(N)=NC(C)=O)CC2)CC1.